The van der Waals surface area contributed by atoms with Gasteiger partial charge < -0.3 is 26.0 Å². The van der Waals surface area contributed by atoms with E-state index < -0.39 is 23.5 Å². The second kappa shape index (κ2) is 10.00. The normalized spacial score (nSPS) is 15.4. The molecule has 1 amide bonds. The Morgan fingerprint density at radius 2 is 1.91 bits per heavy atom. The van der Waals surface area contributed by atoms with Crippen molar-refractivity contribution < 1.29 is 18.7 Å². The predicted octanol–water partition coefficient (Wildman–Crippen LogP) is 3.17. The Bertz CT molecular complexity index is 1170. The summed E-state index contributed by atoms with van der Waals surface area (Å²) in [5, 5.41) is 12.7. The molecule has 1 aromatic carbocycles. The van der Waals surface area contributed by atoms with Crippen LogP contribution in [0.2, 0.25) is 0 Å². The molecule has 3 heterocycles. The first-order chi connectivity index (χ1) is 16.3. The molecule has 4 rings (SSSR count). The van der Waals surface area contributed by atoms with Crippen molar-refractivity contribution >= 4 is 34.0 Å². The largest absolute Gasteiger partial charge is 0.396 e. The average molecular weight is 489 g/mol. The number of benzene rings is 1. The molecule has 1 atom stereocenters. The Morgan fingerprint density at radius 1 is 1.24 bits per heavy atom. The topological polar surface area (TPSA) is 108 Å². The number of carbonyl (C=O) groups is 1. The third-order valence-corrected chi connectivity index (χ3v) is 6.89. The number of piperazine rings is 1. The first-order valence-electron chi connectivity index (χ1n) is 10.8. The Kier molecular flexibility index (Phi) is 7.05. The fourth-order valence-corrected chi connectivity index (χ4v) is 4.82. The highest BCUT2D eigenvalue weighted by Crippen LogP contribution is 2.40. The number of aliphatic hydroxyl groups excluding tert-OH is 1. The highest BCUT2D eigenvalue weighted by atomic mass is 32.1. The molecule has 0 radical (unpaired) electrons. The molecule has 1 saturated heterocycles. The van der Waals surface area contributed by atoms with Gasteiger partial charge in [0.25, 0.3) is 5.91 Å². The molecule has 1 unspecified atom stereocenters. The smallest absolute Gasteiger partial charge is 0.251 e. The number of likely N-dealkylation sites (N-methyl/N-ethyl adjacent to an activating group) is 1. The molecule has 2 aromatic heterocycles. The van der Waals surface area contributed by atoms with E-state index in [4.69, 9.17) is 5.73 Å². The Morgan fingerprint density at radius 3 is 2.53 bits per heavy atom. The van der Waals surface area contributed by atoms with Crippen LogP contribution in [-0.4, -0.2) is 65.7 Å². The van der Waals surface area contributed by atoms with E-state index in [2.05, 4.69) is 32.1 Å². The highest BCUT2D eigenvalue weighted by molar-refractivity contribution is 7.20. The predicted molar refractivity (Wildman–Crippen MR) is 129 cm³/mol. The zero-order valence-electron chi connectivity index (χ0n) is 18.9. The molecule has 34 heavy (non-hydrogen) atoms. The van der Waals surface area contributed by atoms with Crippen LogP contribution in [0.5, 0.6) is 0 Å². The lowest BCUT2D eigenvalue weighted by atomic mass is 9.99. The number of hydrogen-bond donors (Lipinski definition) is 3. The Labute approximate surface area is 200 Å². The molecule has 4 N–H and O–H groups in total. The quantitative estimate of drug-likeness (QED) is 0.469. The number of carbonyl (C=O) groups excluding carboxylic acids is 1. The van der Waals surface area contributed by atoms with Gasteiger partial charge >= 0.3 is 0 Å². The first kappa shape index (κ1) is 24.0. The maximum absolute atomic E-state index is 14.9. The van der Waals surface area contributed by atoms with E-state index >= 15 is 0 Å². The van der Waals surface area contributed by atoms with Crippen molar-refractivity contribution in [2.45, 2.75) is 12.8 Å². The van der Waals surface area contributed by atoms with Crippen molar-refractivity contribution in [2.24, 2.45) is 5.73 Å². The average Bonchev–Trinajstić information content (AvgIpc) is 3.22. The third kappa shape index (κ3) is 5.01. The summed E-state index contributed by atoms with van der Waals surface area (Å²) in [6.07, 6.45) is 1.61. The van der Waals surface area contributed by atoms with Crippen molar-refractivity contribution in [1.82, 2.24) is 14.9 Å². The lowest BCUT2D eigenvalue weighted by molar-refractivity contribution is 0.100. The minimum absolute atomic E-state index is 0.103. The molecule has 1 aliphatic rings. The van der Waals surface area contributed by atoms with Gasteiger partial charge in [0.15, 0.2) is 0 Å². The second-order valence-electron chi connectivity index (χ2n) is 8.32. The van der Waals surface area contributed by atoms with E-state index in [1.807, 2.05) is 0 Å². The van der Waals surface area contributed by atoms with Gasteiger partial charge in [-0.2, -0.15) is 4.98 Å². The van der Waals surface area contributed by atoms with Gasteiger partial charge in [0, 0.05) is 49.8 Å². The van der Waals surface area contributed by atoms with E-state index in [0.717, 1.165) is 37.5 Å². The number of hydrogen-bond acceptors (Lipinski definition) is 8. The van der Waals surface area contributed by atoms with E-state index in [9.17, 15) is 18.7 Å². The van der Waals surface area contributed by atoms with E-state index in [0.29, 0.717) is 22.3 Å². The number of aromatic nitrogens is 2. The summed E-state index contributed by atoms with van der Waals surface area (Å²) in [5.41, 5.74) is 5.74. The van der Waals surface area contributed by atoms with Crippen LogP contribution in [0.25, 0.3) is 10.4 Å². The molecule has 3 aromatic rings. The SMILES string of the molecule is CC(CO)c1cc(F)c(-c2cc(C(N)=O)c(Nc3ccnc(N4CCN(C)CC4)n3)s2)c(F)c1. The van der Waals surface area contributed by atoms with E-state index in [1.54, 1.807) is 19.2 Å². The van der Waals surface area contributed by atoms with Gasteiger partial charge in [-0.05, 0) is 36.9 Å². The third-order valence-electron chi connectivity index (χ3n) is 5.82. The van der Waals surface area contributed by atoms with Crippen LogP contribution in [0, 0.1) is 11.6 Å². The summed E-state index contributed by atoms with van der Waals surface area (Å²) in [6, 6.07) is 5.41. The monoisotopic (exact) mass is 488 g/mol. The van der Waals surface area contributed by atoms with Crippen LogP contribution in [0.15, 0.2) is 30.5 Å². The van der Waals surface area contributed by atoms with Gasteiger partial charge in [0.2, 0.25) is 5.95 Å². The lowest BCUT2D eigenvalue weighted by Gasteiger charge is -2.32. The van der Waals surface area contributed by atoms with Crippen LogP contribution in [0.1, 0.15) is 28.8 Å². The fourth-order valence-electron chi connectivity index (χ4n) is 3.70. The minimum atomic E-state index is -0.779. The number of halogens is 2. The zero-order chi connectivity index (χ0) is 24.4. The number of nitrogens with one attached hydrogen (secondary N) is 1. The van der Waals surface area contributed by atoms with Crippen molar-refractivity contribution in [1.29, 1.82) is 0 Å². The lowest BCUT2D eigenvalue weighted by Crippen LogP contribution is -2.45. The number of nitrogens with zero attached hydrogens (tertiary/aromatic N) is 4. The summed E-state index contributed by atoms with van der Waals surface area (Å²) in [7, 11) is 2.06. The second-order valence-corrected chi connectivity index (χ2v) is 9.37. The Balaban J connectivity index is 1.65. The molecule has 0 aliphatic carbocycles. The van der Waals surface area contributed by atoms with Gasteiger partial charge in [0.1, 0.15) is 22.5 Å². The molecule has 1 aliphatic heterocycles. The number of amides is 1. The van der Waals surface area contributed by atoms with Crippen molar-refractivity contribution in [3.63, 3.8) is 0 Å². The van der Waals surface area contributed by atoms with E-state index in [1.165, 1.54) is 18.2 Å². The molecule has 0 spiro atoms. The molecular weight excluding hydrogens is 462 g/mol. The number of rotatable bonds is 7. The molecule has 180 valence electrons. The van der Waals surface area contributed by atoms with Gasteiger partial charge in [0.05, 0.1) is 11.1 Å². The summed E-state index contributed by atoms with van der Waals surface area (Å²) < 4.78 is 29.7. The van der Waals surface area contributed by atoms with Crippen LogP contribution in [-0.2, 0) is 0 Å². The van der Waals surface area contributed by atoms with Crippen molar-refractivity contribution in [3.05, 3.63) is 53.2 Å². The molecule has 11 heteroatoms. The molecule has 0 saturated carbocycles. The number of nitrogens with two attached hydrogens (primary N) is 1. The summed E-state index contributed by atoms with van der Waals surface area (Å²) in [4.78, 5) is 25.5. The van der Waals surface area contributed by atoms with Crippen molar-refractivity contribution in [3.8, 4) is 10.4 Å². The van der Waals surface area contributed by atoms with E-state index in [-0.39, 0.29) is 22.6 Å². The van der Waals surface area contributed by atoms with Gasteiger partial charge in [-0.1, -0.05) is 6.92 Å². The summed E-state index contributed by atoms with van der Waals surface area (Å²) in [6.45, 7) is 4.82. The minimum Gasteiger partial charge on any atom is -0.396 e. The maximum atomic E-state index is 14.9. The standard InChI is InChI=1S/C23H26F2N6O2S/c1-13(12-32)14-9-16(24)20(17(25)10-14)18-11-15(21(26)33)22(34-18)28-19-3-4-27-23(29-19)31-7-5-30(2)6-8-31/h3-4,9-11,13,32H,5-8,12H2,1-2H3,(H2,26,33)(H,27,28,29). The van der Waals surface area contributed by atoms with Crippen LogP contribution in [0.3, 0.4) is 0 Å². The highest BCUT2D eigenvalue weighted by Gasteiger charge is 2.22. The molecule has 0 bridgehead atoms. The van der Waals surface area contributed by atoms with Crippen LogP contribution < -0.4 is 16.0 Å². The Hall–Kier alpha value is -3.15. The van der Waals surface area contributed by atoms with Crippen molar-refractivity contribution in [2.75, 3.05) is 50.1 Å². The number of primary amides is 1. The number of aliphatic hydroxyl groups is 1. The zero-order valence-corrected chi connectivity index (χ0v) is 19.7. The van der Waals surface area contributed by atoms with Gasteiger partial charge in [-0.15, -0.1) is 11.3 Å². The molecular formula is C23H26F2N6O2S. The van der Waals surface area contributed by atoms with Crippen LogP contribution in [0.4, 0.5) is 25.5 Å². The molecule has 1 fully saturated rings. The van der Waals surface area contributed by atoms with Gasteiger partial charge in [-0.3, -0.25) is 4.79 Å². The molecule has 8 nitrogen and oxygen atoms in total. The van der Waals surface area contributed by atoms with Gasteiger partial charge in [-0.25, -0.2) is 13.8 Å². The van der Waals surface area contributed by atoms with Crippen LogP contribution >= 0.6 is 11.3 Å². The first-order valence-corrected chi connectivity index (χ1v) is 11.7. The number of anilines is 3. The summed E-state index contributed by atoms with van der Waals surface area (Å²) >= 11 is 1.00. The number of thiophene rings is 1. The fraction of sp³-hybridized carbons (Fsp3) is 0.348. The maximum Gasteiger partial charge on any atom is 0.251 e. The summed E-state index contributed by atoms with van der Waals surface area (Å²) in [5.74, 6) is -1.71.